The van der Waals surface area contributed by atoms with E-state index in [2.05, 4.69) is 24.5 Å². The Morgan fingerprint density at radius 3 is 2.36 bits per heavy atom. The summed E-state index contributed by atoms with van der Waals surface area (Å²) < 4.78 is 0. The molecule has 0 heterocycles. The number of hydrogen-bond acceptors (Lipinski definition) is 2. The van der Waals surface area contributed by atoms with Crippen LogP contribution < -0.4 is 10.6 Å². The van der Waals surface area contributed by atoms with Crippen molar-refractivity contribution in [3.8, 4) is 0 Å². The van der Waals surface area contributed by atoms with Crippen LogP contribution in [0.4, 0.5) is 0 Å². The number of hydrogen-bond donors (Lipinski definition) is 2. The standard InChI is InChI=1S/C9H22N2/c1-4-11-8-6-9(2)5-7-10-3/h9-11H,4-8H2,1-3H3. The fourth-order valence-electron chi connectivity index (χ4n) is 1.06. The topological polar surface area (TPSA) is 24.1 Å². The molecule has 0 saturated carbocycles. The summed E-state index contributed by atoms with van der Waals surface area (Å²) in [5.74, 6) is 0.849. The average molecular weight is 158 g/mol. The molecule has 0 aliphatic rings. The van der Waals surface area contributed by atoms with E-state index in [-0.39, 0.29) is 0 Å². The summed E-state index contributed by atoms with van der Waals surface area (Å²) in [5.41, 5.74) is 0. The molecule has 0 aliphatic heterocycles. The Bertz CT molecular complexity index is 74.0. The van der Waals surface area contributed by atoms with E-state index in [0.29, 0.717) is 0 Å². The lowest BCUT2D eigenvalue weighted by molar-refractivity contribution is 0.466. The lowest BCUT2D eigenvalue weighted by Gasteiger charge is -2.10. The molecule has 0 aromatic rings. The molecule has 0 spiro atoms. The first-order valence-corrected chi connectivity index (χ1v) is 4.66. The largest absolute Gasteiger partial charge is 0.320 e. The maximum absolute atomic E-state index is 3.34. The van der Waals surface area contributed by atoms with E-state index in [4.69, 9.17) is 0 Å². The lowest BCUT2D eigenvalue weighted by Crippen LogP contribution is -2.18. The quantitative estimate of drug-likeness (QED) is 0.545. The van der Waals surface area contributed by atoms with Gasteiger partial charge >= 0.3 is 0 Å². The summed E-state index contributed by atoms with van der Waals surface area (Å²) in [6, 6.07) is 0. The molecule has 0 radical (unpaired) electrons. The van der Waals surface area contributed by atoms with Crippen LogP contribution in [0.25, 0.3) is 0 Å². The molecular formula is C9H22N2. The first-order valence-electron chi connectivity index (χ1n) is 4.66. The summed E-state index contributed by atoms with van der Waals surface area (Å²) in [4.78, 5) is 0. The third kappa shape index (κ3) is 7.82. The summed E-state index contributed by atoms with van der Waals surface area (Å²) in [5, 5.41) is 6.50. The SMILES string of the molecule is CCNCCC(C)CCNC. The molecule has 0 bridgehead atoms. The molecule has 2 nitrogen and oxygen atoms in total. The van der Waals surface area contributed by atoms with E-state index in [9.17, 15) is 0 Å². The van der Waals surface area contributed by atoms with Gasteiger partial charge in [-0.25, -0.2) is 0 Å². The third-order valence-corrected chi connectivity index (χ3v) is 1.95. The van der Waals surface area contributed by atoms with Gasteiger partial charge in [-0.2, -0.15) is 0 Å². The van der Waals surface area contributed by atoms with Crippen LogP contribution in [-0.4, -0.2) is 26.7 Å². The second kappa shape index (κ2) is 8.02. The molecule has 0 aliphatic carbocycles. The van der Waals surface area contributed by atoms with E-state index in [0.717, 1.165) is 19.0 Å². The Balaban J connectivity index is 3.02. The summed E-state index contributed by atoms with van der Waals surface area (Å²) in [6.07, 6.45) is 2.59. The zero-order valence-corrected chi connectivity index (χ0v) is 8.11. The maximum Gasteiger partial charge on any atom is -0.00465 e. The van der Waals surface area contributed by atoms with Crippen molar-refractivity contribution in [3.05, 3.63) is 0 Å². The zero-order chi connectivity index (χ0) is 8.53. The Hall–Kier alpha value is -0.0800. The fourth-order valence-corrected chi connectivity index (χ4v) is 1.06. The zero-order valence-electron chi connectivity index (χ0n) is 8.11. The molecule has 0 aromatic carbocycles. The van der Waals surface area contributed by atoms with Gasteiger partial charge in [0, 0.05) is 0 Å². The molecule has 68 valence electrons. The molecule has 0 saturated heterocycles. The molecule has 0 amide bonds. The highest BCUT2D eigenvalue weighted by molar-refractivity contribution is 4.56. The van der Waals surface area contributed by atoms with Crippen molar-refractivity contribution < 1.29 is 0 Å². The summed E-state index contributed by atoms with van der Waals surface area (Å²) in [6.45, 7) is 7.88. The Morgan fingerprint density at radius 1 is 1.18 bits per heavy atom. The van der Waals surface area contributed by atoms with Crippen molar-refractivity contribution in [2.24, 2.45) is 5.92 Å². The molecular weight excluding hydrogens is 136 g/mol. The highest BCUT2D eigenvalue weighted by Crippen LogP contribution is 2.04. The van der Waals surface area contributed by atoms with Crippen molar-refractivity contribution in [3.63, 3.8) is 0 Å². The molecule has 1 atom stereocenters. The predicted molar refractivity (Wildman–Crippen MR) is 50.9 cm³/mol. The first-order chi connectivity index (χ1) is 5.31. The molecule has 2 N–H and O–H groups in total. The molecule has 0 fully saturated rings. The molecule has 1 unspecified atom stereocenters. The maximum atomic E-state index is 3.34. The Kier molecular flexibility index (Phi) is 7.96. The smallest absolute Gasteiger partial charge is 0.00465 e. The highest BCUT2D eigenvalue weighted by atomic mass is 14.8. The van der Waals surface area contributed by atoms with Gasteiger partial charge in [0.05, 0.1) is 0 Å². The van der Waals surface area contributed by atoms with E-state index in [1.54, 1.807) is 0 Å². The minimum absolute atomic E-state index is 0.849. The van der Waals surface area contributed by atoms with Gasteiger partial charge in [0.25, 0.3) is 0 Å². The second-order valence-corrected chi connectivity index (χ2v) is 3.14. The van der Waals surface area contributed by atoms with Crippen LogP contribution in [0.5, 0.6) is 0 Å². The highest BCUT2D eigenvalue weighted by Gasteiger charge is 1.99. The fraction of sp³-hybridized carbons (Fsp3) is 1.00. The Labute approximate surface area is 70.8 Å². The van der Waals surface area contributed by atoms with Gasteiger partial charge in [0.2, 0.25) is 0 Å². The van der Waals surface area contributed by atoms with E-state index in [1.165, 1.54) is 19.4 Å². The van der Waals surface area contributed by atoms with Crippen LogP contribution in [0.1, 0.15) is 26.7 Å². The number of nitrogens with one attached hydrogen (secondary N) is 2. The van der Waals surface area contributed by atoms with E-state index >= 15 is 0 Å². The van der Waals surface area contributed by atoms with Crippen LogP contribution in [-0.2, 0) is 0 Å². The Morgan fingerprint density at radius 2 is 1.82 bits per heavy atom. The normalized spacial score (nSPS) is 13.4. The van der Waals surface area contributed by atoms with Gasteiger partial charge in [-0.3, -0.25) is 0 Å². The van der Waals surface area contributed by atoms with Crippen LogP contribution in [0.15, 0.2) is 0 Å². The third-order valence-electron chi connectivity index (χ3n) is 1.95. The van der Waals surface area contributed by atoms with Crippen molar-refractivity contribution in [1.82, 2.24) is 10.6 Å². The van der Waals surface area contributed by atoms with Crippen LogP contribution in [0, 0.1) is 5.92 Å². The van der Waals surface area contributed by atoms with E-state index in [1.807, 2.05) is 7.05 Å². The van der Waals surface area contributed by atoms with Gasteiger partial charge in [0.1, 0.15) is 0 Å². The van der Waals surface area contributed by atoms with Crippen molar-refractivity contribution in [2.75, 3.05) is 26.7 Å². The van der Waals surface area contributed by atoms with Gasteiger partial charge in [-0.15, -0.1) is 0 Å². The van der Waals surface area contributed by atoms with Crippen LogP contribution >= 0.6 is 0 Å². The summed E-state index contributed by atoms with van der Waals surface area (Å²) in [7, 11) is 2.01. The average Bonchev–Trinajstić information content (AvgIpc) is 2.01. The van der Waals surface area contributed by atoms with Gasteiger partial charge in [0.15, 0.2) is 0 Å². The van der Waals surface area contributed by atoms with E-state index < -0.39 is 0 Å². The molecule has 0 rings (SSSR count). The van der Waals surface area contributed by atoms with Crippen molar-refractivity contribution in [1.29, 1.82) is 0 Å². The van der Waals surface area contributed by atoms with Gasteiger partial charge in [-0.1, -0.05) is 13.8 Å². The van der Waals surface area contributed by atoms with Crippen molar-refractivity contribution in [2.45, 2.75) is 26.7 Å². The predicted octanol–water partition coefficient (Wildman–Crippen LogP) is 1.23. The first kappa shape index (κ1) is 10.9. The second-order valence-electron chi connectivity index (χ2n) is 3.14. The minimum atomic E-state index is 0.849. The van der Waals surface area contributed by atoms with Gasteiger partial charge in [-0.05, 0) is 45.4 Å². The van der Waals surface area contributed by atoms with Crippen molar-refractivity contribution >= 4 is 0 Å². The minimum Gasteiger partial charge on any atom is -0.320 e. The van der Waals surface area contributed by atoms with Crippen LogP contribution in [0.2, 0.25) is 0 Å². The summed E-state index contributed by atoms with van der Waals surface area (Å²) >= 11 is 0. The molecule has 2 heteroatoms. The molecule has 0 aromatic heterocycles. The van der Waals surface area contributed by atoms with Crippen LogP contribution in [0.3, 0.4) is 0 Å². The lowest BCUT2D eigenvalue weighted by atomic mass is 10.0. The monoisotopic (exact) mass is 158 g/mol. The number of rotatable bonds is 7. The van der Waals surface area contributed by atoms with Gasteiger partial charge < -0.3 is 10.6 Å². The molecule has 11 heavy (non-hydrogen) atoms.